The van der Waals surface area contributed by atoms with Gasteiger partial charge in [-0.3, -0.25) is 0 Å². The number of aromatic nitrogens is 2. The molecule has 1 fully saturated rings. The summed E-state index contributed by atoms with van der Waals surface area (Å²) in [7, 11) is 1.52. The Kier molecular flexibility index (Phi) is 3.87. The number of methoxy groups -OCH3 is 1. The third-order valence-electron chi connectivity index (χ3n) is 3.69. The molecule has 0 spiro atoms. The van der Waals surface area contributed by atoms with Crippen LogP contribution in [0.1, 0.15) is 0 Å². The Morgan fingerprint density at radius 3 is 2.90 bits per heavy atom. The Bertz CT molecular complexity index is 670. The predicted octanol–water partition coefficient (Wildman–Crippen LogP) is 0.913. The molecule has 6 nitrogen and oxygen atoms in total. The molecule has 0 aliphatic carbocycles. The number of hydrogen-bond acceptors (Lipinski definition) is 6. The van der Waals surface area contributed by atoms with E-state index in [9.17, 15) is 0 Å². The number of anilines is 1. The van der Waals surface area contributed by atoms with Crippen LogP contribution in [0.4, 0.5) is 5.82 Å². The van der Waals surface area contributed by atoms with E-state index in [-0.39, 0.29) is 0 Å². The number of nitrogens with zero attached hydrogens (tertiary/aromatic N) is 2. The average molecular weight is 285 g/mol. The van der Waals surface area contributed by atoms with Gasteiger partial charge in [-0.15, -0.1) is 0 Å². The minimum atomic E-state index is 0.302. The maximum absolute atomic E-state index is 5.70. The first-order valence-corrected chi connectivity index (χ1v) is 6.97. The summed E-state index contributed by atoms with van der Waals surface area (Å²) in [5.41, 5.74) is 8.06. The first kappa shape index (κ1) is 13.6. The first-order chi connectivity index (χ1) is 10.3. The molecule has 6 heteroatoms. The summed E-state index contributed by atoms with van der Waals surface area (Å²) in [6.45, 7) is 3.44. The number of benzene rings is 1. The lowest BCUT2D eigenvalue weighted by molar-refractivity contribution is 0.382. The molecule has 4 N–H and O–H groups in total. The average Bonchev–Trinajstić information content (AvgIpc) is 3.12. The van der Waals surface area contributed by atoms with Gasteiger partial charge in [0, 0.05) is 30.9 Å². The van der Waals surface area contributed by atoms with Crippen LogP contribution >= 0.6 is 0 Å². The number of fused-ring (bicyclic) bond motifs is 2. The summed E-state index contributed by atoms with van der Waals surface area (Å²) in [4.78, 5) is 8.11. The van der Waals surface area contributed by atoms with E-state index in [4.69, 9.17) is 10.5 Å². The minimum Gasteiger partial charge on any atom is -0.467 e. The maximum atomic E-state index is 5.70. The van der Waals surface area contributed by atoms with Crippen molar-refractivity contribution in [1.82, 2.24) is 20.6 Å². The van der Waals surface area contributed by atoms with Gasteiger partial charge in [-0.1, -0.05) is 12.1 Å². The van der Waals surface area contributed by atoms with E-state index in [1.54, 1.807) is 5.57 Å². The molecule has 1 atom stereocenters. The van der Waals surface area contributed by atoms with E-state index in [2.05, 4.69) is 26.8 Å². The molecule has 0 saturated carbocycles. The van der Waals surface area contributed by atoms with Crippen LogP contribution in [-0.4, -0.2) is 36.7 Å². The number of hydrogen-bond donors (Lipinski definition) is 3. The molecular formula is C15H19N5O. The van der Waals surface area contributed by atoms with Crippen LogP contribution in [0.5, 0.6) is 6.01 Å². The van der Waals surface area contributed by atoms with Crippen LogP contribution in [0.25, 0.3) is 10.9 Å². The fraction of sp³-hybridized carbons (Fsp3) is 0.333. The van der Waals surface area contributed by atoms with Crippen molar-refractivity contribution >= 4 is 16.7 Å². The van der Waals surface area contributed by atoms with E-state index in [1.807, 2.05) is 24.3 Å². The van der Waals surface area contributed by atoms with Crippen molar-refractivity contribution in [1.29, 1.82) is 0 Å². The summed E-state index contributed by atoms with van der Waals surface area (Å²) in [6, 6.07) is 7.85. The van der Waals surface area contributed by atoms with Crippen molar-refractivity contribution in [3.8, 4) is 6.01 Å². The van der Waals surface area contributed by atoms with Crippen LogP contribution in [0.15, 0.2) is 36.0 Å². The van der Waals surface area contributed by atoms with E-state index in [1.165, 1.54) is 13.7 Å². The van der Waals surface area contributed by atoms with Crippen LogP contribution in [0.3, 0.4) is 0 Å². The monoisotopic (exact) mass is 285 g/mol. The largest absolute Gasteiger partial charge is 0.467 e. The molecular weight excluding hydrogens is 266 g/mol. The second kappa shape index (κ2) is 5.97. The summed E-state index contributed by atoms with van der Waals surface area (Å²) >= 11 is 0. The van der Waals surface area contributed by atoms with Gasteiger partial charge in [0.15, 0.2) is 0 Å². The quantitative estimate of drug-likeness (QED) is 0.722. The number of para-hydroxylation sites is 1. The van der Waals surface area contributed by atoms with Crippen molar-refractivity contribution in [2.24, 2.45) is 5.92 Å². The SMILES string of the molecule is C1=C2CNCC2CN1.COc1nc(N)c2ccccc2n1. The zero-order chi connectivity index (χ0) is 14.7. The van der Waals surface area contributed by atoms with E-state index >= 15 is 0 Å². The van der Waals surface area contributed by atoms with Gasteiger partial charge in [0.25, 0.3) is 0 Å². The second-order valence-corrected chi connectivity index (χ2v) is 5.07. The van der Waals surface area contributed by atoms with Crippen molar-refractivity contribution in [2.45, 2.75) is 0 Å². The van der Waals surface area contributed by atoms with Gasteiger partial charge in [-0.05, 0) is 23.9 Å². The number of nitrogens with two attached hydrogens (primary N) is 1. The van der Waals surface area contributed by atoms with Crippen LogP contribution in [-0.2, 0) is 0 Å². The van der Waals surface area contributed by atoms with E-state index < -0.39 is 0 Å². The van der Waals surface area contributed by atoms with Gasteiger partial charge in [-0.2, -0.15) is 9.97 Å². The lowest BCUT2D eigenvalue weighted by atomic mass is 10.1. The van der Waals surface area contributed by atoms with Crippen molar-refractivity contribution in [3.05, 3.63) is 36.0 Å². The Balaban J connectivity index is 0.000000140. The van der Waals surface area contributed by atoms with Gasteiger partial charge < -0.3 is 21.1 Å². The molecule has 2 aliphatic heterocycles. The second-order valence-electron chi connectivity index (χ2n) is 5.07. The van der Waals surface area contributed by atoms with E-state index in [0.29, 0.717) is 11.8 Å². The van der Waals surface area contributed by atoms with Crippen LogP contribution in [0.2, 0.25) is 0 Å². The van der Waals surface area contributed by atoms with Gasteiger partial charge in [0.05, 0.1) is 12.6 Å². The number of rotatable bonds is 1. The Morgan fingerprint density at radius 1 is 1.24 bits per heavy atom. The van der Waals surface area contributed by atoms with E-state index in [0.717, 1.165) is 29.9 Å². The summed E-state index contributed by atoms with van der Waals surface area (Å²) in [5, 5.41) is 7.39. The Labute approximate surface area is 123 Å². The van der Waals surface area contributed by atoms with Gasteiger partial charge in [0.2, 0.25) is 0 Å². The fourth-order valence-electron chi connectivity index (χ4n) is 2.54. The van der Waals surface area contributed by atoms with Crippen molar-refractivity contribution in [3.63, 3.8) is 0 Å². The molecule has 1 unspecified atom stereocenters. The first-order valence-electron chi connectivity index (χ1n) is 6.97. The molecule has 3 heterocycles. The Morgan fingerprint density at radius 2 is 2.10 bits per heavy atom. The summed E-state index contributed by atoms with van der Waals surface area (Å²) in [6.07, 6.45) is 2.14. The molecule has 0 amide bonds. The topological polar surface area (TPSA) is 85.1 Å². The summed E-state index contributed by atoms with van der Waals surface area (Å²) < 4.78 is 4.90. The molecule has 110 valence electrons. The molecule has 1 aromatic carbocycles. The zero-order valence-corrected chi connectivity index (χ0v) is 12.0. The number of ether oxygens (including phenoxy) is 1. The van der Waals surface area contributed by atoms with Crippen molar-refractivity contribution < 1.29 is 4.74 Å². The standard InChI is InChI=1S/C9H9N3O.C6H10N2/c1-13-9-11-7-5-3-2-4-6(7)8(10)12-9;1-5-2-8-4-6(5)3-7-1/h2-5H,1H3,(H2,10,11,12);1,6-8H,2-4H2. The molecule has 2 aliphatic rings. The Hall–Kier alpha value is -2.34. The molecule has 21 heavy (non-hydrogen) atoms. The van der Waals surface area contributed by atoms with Crippen molar-refractivity contribution in [2.75, 3.05) is 32.5 Å². The van der Waals surface area contributed by atoms with Gasteiger partial charge in [0.1, 0.15) is 5.82 Å². The number of nitrogens with one attached hydrogen (secondary N) is 2. The third kappa shape index (κ3) is 2.90. The smallest absolute Gasteiger partial charge is 0.318 e. The maximum Gasteiger partial charge on any atom is 0.318 e. The lowest BCUT2D eigenvalue weighted by Crippen LogP contribution is -2.16. The highest BCUT2D eigenvalue weighted by Gasteiger charge is 2.22. The third-order valence-corrected chi connectivity index (χ3v) is 3.69. The summed E-state index contributed by atoms with van der Waals surface area (Å²) in [5.74, 6) is 1.26. The fourth-order valence-corrected chi connectivity index (χ4v) is 2.54. The molecule has 4 rings (SSSR count). The molecule has 2 aromatic rings. The van der Waals surface area contributed by atoms with Crippen LogP contribution in [0, 0.1) is 5.92 Å². The zero-order valence-electron chi connectivity index (χ0n) is 12.0. The van der Waals surface area contributed by atoms with Gasteiger partial charge in [-0.25, -0.2) is 0 Å². The number of nitrogen functional groups attached to an aromatic ring is 1. The highest BCUT2D eigenvalue weighted by Crippen LogP contribution is 2.19. The van der Waals surface area contributed by atoms with Gasteiger partial charge >= 0.3 is 6.01 Å². The molecule has 0 bridgehead atoms. The molecule has 0 radical (unpaired) electrons. The van der Waals surface area contributed by atoms with Crippen LogP contribution < -0.4 is 21.1 Å². The lowest BCUT2D eigenvalue weighted by Gasteiger charge is -2.02. The highest BCUT2D eigenvalue weighted by molar-refractivity contribution is 5.87. The molecule has 1 aromatic heterocycles. The minimum absolute atomic E-state index is 0.302. The normalized spacial score (nSPS) is 19.3. The highest BCUT2D eigenvalue weighted by atomic mass is 16.5. The predicted molar refractivity (Wildman–Crippen MR) is 82.9 cm³/mol. The molecule has 1 saturated heterocycles.